The van der Waals surface area contributed by atoms with E-state index in [0.29, 0.717) is 11.2 Å². The predicted molar refractivity (Wildman–Crippen MR) is 53.4 cm³/mol. The summed E-state index contributed by atoms with van der Waals surface area (Å²) in [5.41, 5.74) is 0. The molecule has 0 saturated carbocycles. The zero-order chi connectivity index (χ0) is 10.8. The standard InChI is InChI=1S/C7H11Cl2N4O.BrH/c1-13(2,3)4-14-7-11-5(8)10-6(9)12-7;/h4H2,1-3H3;1H/q+1;/p-1. The van der Waals surface area contributed by atoms with Gasteiger partial charge in [0.05, 0.1) is 21.1 Å². The first-order valence-electron chi connectivity index (χ1n) is 3.87. The second-order valence-electron chi connectivity index (χ2n) is 3.72. The lowest BCUT2D eigenvalue weighted by atomic mass is 10.7. The average molecular weight is 318 g/mol. The van der Waals surface area contributed by atoms with E-state index in [4.69, 9.17) is 27.9 Å². The highest BCUT2D eigenvalue weighted by Gasteiger charge is 2.10. The van der Waals surface area contributed by atoms with E-state index in [2.05, 4.69) is 15.0 Å². The van der Waals surface area contributed by atoms with Crippen molar-refractivity contribution in [1.82, 2.24) is 15.0 Å². The topological polar surface area (TPSA) is 47.9 Å². The molecule has 0 aliphatic heterocycles. The Morgan fingerprint density at radius 1 is 1.07 bits per heavy atom. The van der Waals surface area contributed by atoms with Crippen molar-refractivity contribution in [3.8, 4) is 6.01 Å². The van der Waals surface area contributed by atoms with Crippen molar-refractivity contribution >= 4 is 23.2 Å². The van der Waals surface area contributed by atoms with Gasteiger partial charge in [-0.15, -0.1) is 0 Å². The number of aromatic nitrogens is 3. The molecule has 0 N–H and O–H groups in total. The zero-order valence-corrected chi connectivity index (χ0v) is 11.6. The quantitative estimate of drug-likeness (QED) is 0.489. The minimum atomic E-state index is 0. The number of rotatable bonds is 3. The molecule has 0 aliphatic rings. The first-order chi connectivity index (χ1) is 6.37. The highest BCUT2D eigenvalue weighted by atomic mass is 79.9. The minimum absolute atomic E-state index is 0. The van der Waals surface area contributed by atoms with Gasteiger partial charge < -0.3 is 21.7 Å². The van der Waals surface area contributed by atoms with Crippen molar-refractivity contribution in [2.75, 3.05) is 27.9 Å². The van der Waals surface area contributed by atoms with Crippen molar-refractivity contribution < 1.29 is 26.2 Å². The number of hydrogen-bond donors (Lipinski definition) is 0. The van der Waals surface area contributed by atoms with Gasteiger partial charge >= 0.3 is 6.01 Å². The molecule has 15 heavy (non-hydrogen) atoms. The zero-order valence-electron chi connectivity index (χ0n) is 8.54. The summed E-state index contributed by atoms with van der Waals surface area (Å²) < 4.78 is 5.90. The molecule has 0 saturated heterocycles. The molecule has 1 aromatic rings. The van der Waals surface area contributed by atoms with Crippen LogP contribution in [0.2, 0.25) is 10.6 Å². The molecule has 0 amide bonds. The number of ether oxygens (including phenoxy) is 1. The van der Waals surface area contributed by atoms with Gasteiger partial charge in [-0.05, 0) is 23.2 Å². The van der Waals surface area contributed by atoms with Gasteiger partial charge in [-0.2, -0.15) is 15.0 Å². The third-order valence-corrected chi connectivity index (χ3v) is 1.48. The summed E-state index contributed by atoms with van der Waals surface area (Å²) in [4.78, 5) is 11.1. The minimum Gasteiger partial charge on any atom is -1.00 e. The SMILES string of the molecule is C[N+](C)(C)COc1nc(Cl)nc(Cl)n1.[Br-]. The van der Waals surface area contributed by atoms with Crippen molar-refractivity contribution in [2.24, 2.45) is 0 Å². The third-order valence-electron chi connectivity index (χ3n) is 1.14. The summed E-state index contributed by atoms with van der Waals surface area (Å²) in [6, 6.07) is 0.142. The Morgan fingerprint density at radius 3 is 1.93 bits per heavy atom. The van der Waals surface area contributed by atoms with E-state index in [1.165, 1.54) is 0 Å². The van der Waals surface area contributed by atoms with Crippen LogP contribution in [-0.2, 0) is 0 Å². The van der Waals surface area contributed by atoms with Gasteiger partial charge in [-0.3, -0.25) is 4.48 Å². The Kier molecular flexibility index (Phi) is 5.72. The lowest BCUT2D eigenvalue weighted by Crippen LogP contribution is -3.00. The number of nitrogens with zero attached hydrogens (tertiary/aromatic N) is 4. The first-order valence-corrected chi connectivity index (χ1v) is 4.63. The molecule has 0 aromatic carbocycles. The van der Waals surface area contributed by atoms with E-state index in [1.54, 1.807) is 0 Å². The van der Waals surface area contributed by atoms with Crippen LogP contribution in [0.25, 0.3) is 0 Å². The second kappa shape index (κ2) is 5.79. The molecule has 0 spiro atoms. The Morgan fingerprint density at radius 2 is 1.53 bits per heavy atom. The summed E-state index contributed by atoms with van der Waals surface area (Å²) in [7, 11) is 5.93. The van der Waals surface area contributed by atoms with Gasteiger partial charge in [0.1, 0.15) is 0 Å². The molecule has 0 atom stereocenters. The molecular formula is C7H11BrCl2N4O. The van der Waals surface area contributed by atoms with Crippen molar-refractivity contribution in [2.45, 2.75) is 0 Å². The molecule has 1 rings (SSSR count). The average Bonchev–Trinajstić information content (AvgIpc) is 1.97. The predicted octanol–water partition coefficient (Wildman–Crippen LogP) is -1.78. The highest BCUT2D eigenvalue weighted by Crippen LogP contribution is 2.11. The Hall–Kier alpha value is -0.170. The van der Waals surface area contributed by atoms with Crippen LogP contribution in [-0.4, -0.2) is 47.3 Å². The fourth-order valence-corrected chi connectivity index (χ4v) is 0.973. The van der Waals surface area contributed by atoms with E-state index in [1.807, 2.05) is 21.1 Å². The number of hydrogen-bond acceptors (Lipinski definition) is 4. The Bertz CT molecular complexity index is 311. The van der Waals surface area contributed by atoms with Crippen molar-refractivity contribution in [3.05, 3.63) is 10.6 Å². The van der Waals surface area contributed by atoms with E-state index >= 15 is 0 Å². The van der Waals surface area contributed by atoms with Gasteiger partial charge in [0.2, 0.25) is 17.3 Å². The summed E-state index contributed by atoms with van der Waals surface area (Å²) >= 11 is 11.1. The molecule has 0 fully saturated rings. The lowest BCUT2D eigenvalue weighted by Gasteiger charge is -2.22. The van der Waals surface area contributed by atoms with Crippen LogP contribution in [0, 0.1) is 0 Å². The lowest BCUT2D eigenvalue weighted by molar-refractivity contribution is -0.886. The van der Waals surface area contributed by atoms with Crippen LogP contribution in [0.15, 0.2) is 0 Å². The molecule has 86 valence electrons. The maximum atomic E-state index is 5.57. The van der Waals surface area contributed by atoms with Crippen LogP contribution in [0.5, 0.6) is 6.01 Å². The van der Waals surface area contributed by atoms with E-state index in [-0.39, 0.29) is 33.6 Å². The number of quaternary nitrogens is 1. The van der Waals surface area contributed by atoms with Crippen LogP contribution < -0.4 is 21.7 Å². The van der Waals surface area contributed by atoms with Gasteiger partial charge in [0.25, 0.3) is 0 Å². The summed E-state index contributed by atoms with van der Waals surface area (Å²) in [5.74, 6) is 0. The van der Waals surface area contributed by atoms with E-state index < -0.39 is 0 Å². The van der Waals surface area contributed by atoms with Crippen LogP contribution >= 0.6 is 23.2 Å². The molecule has 1 aromatic heterocycles. The fraction of sp³-hybridized carbons (Fsp3) is 0.571. The van der Waals surface area contributed by atoms with Gasteiger partial charge in [0.15, 0.2) is 0 Å². The Balaban J connectivity index is 0.00000196. The molecule has 1 heterocycles. The summed E-state index contributed by atoms with van der Waals surface area (Å²) in [6.07, 6.45) is 0. The molecule has 8 heteroatoms. The fourth-order valence-electron chi connectivity index (χ4n) is 0.625. The maximum Gasteiger partial charge on any atom is 0.326 e. The van der Waals surface area contributed by atoms with Gasteiger partial charge in [-0.1, -0.05) is 0 Å². The summed E-state index contributed by atoms with van der Waals surface area (Å²) in [5, 5.41) is 0.0582. The largest absolute Gasteiger partial charge is 1.00 e. The Labute approximate surface area is 109 Å². The van der Waals surface area contributed by atoms with E-state index in [0.717, 1.165) is 0 Å². The molecule has 0 bridgehead atoms. The second-order valence-corrected chi connectivity index (χ2v) is 4.40. The van der Waals surface area contributed by atoms with Crippen LogP contribution in [0.1, 0.15) is 0 Å². The smallest absolute Gasteiger partial charge is 0.326 e. The van der Waals surface area contributed by atoms with Crippen molar-refractivity contribution in [1.29, 1.82) is 0 Å². The molecular weight excluding hydrogens is 307 g/mol. The molecule has 0 aliphatic carbocycles. The first kappa shape index (κ1) is 14.8. The van der Waals surface area contributed by atoms with Crippen molar-refractivity contribution in [3.63, 3.8) is 0 Å². The highest BCUT2D eigenvalue weighted by molar-refractivity contribution is 6.31. The van der Waals surface area contributed by atoms with E-state index in [9.17, 15) is 0 Å². The van der Waals surface area contributed by atoms with Gasteiger partial charge in [-0.25, -0.2) is 0 Å². The normalized spacial score (nSPS) is 10.7. The van der Waals surface area contributed by atoms with Crippen LogP contribution in [0.3, 0.4) is 0 Å². The van der Waals surface area contributed by atoms with Crippen LogP contribution in [0.4, 0.5) is 0 Å². The number of halogens is 3. The molecule has 5 nitrogen and oxygen atoms in total. The summed E-state index contributed by atoms with van der Waals surface area (Å²) in [6.45, 7) is 0.427. The maximum absolute atomic E-state index is 5.57. The molecule has 0 unspecified atom stereocenters. The molecule has 0 radical (unpaired) electrons. The van der Waals surface area contributed by atoms with Gasteiger partial charge in [0, 0.05) is 0 Å². The third kappa shape index (κ3) is 6.09. The monoisotopic (exact) mass is 316 g/mol.